The molecule has 0 radical (unpaired) electrons. The Kier molecular flexibility index (Phi) is 4.87. The van der Waals surface area contributed by atoms with Crippen LogP contribution in [0.15, 0.2) is 48.2 Å². The number of aliphatic hydroxyl groups excluding tert-OH is 1. The van der Waals surface area contributed by atoms with Crippen LogP contribution >= 0.6 is 11.3 Å². The smallest absolute Gasteiger partial charge is 0.213 e. The number of aromatic amines is 1. The monoisotopic (exact) mass is 450 g/mol. The first kappa shape index (κ1) is 19.4. The predicted molar refractivity (Wildman–Crippen MR) is 114 cm³/mol. The molecule has 11 heteroatoms. The highest BCUT2D eigenvalue weighted by atomic mass is 32.1. The second-order valence-corrected chi connectivity index (χ2v) is 8.38. The Bertz CT molecular complexity index is 1200. The van der Waals surface area contributed by atoms with Gasteiger partial charge >= 0.3 is 0 Å². The molecule has 4 atom stereocenters. The van der Waals surface area contributed by atoms with Gasteiger partial charge in [-0.2, -0.15) is 5.10 Å². The fraction of sp³-hybridized carbons (Fsp3) is 0.286. The lowest BCUT2D eigenvalue weighted by Gasteiger charge is -2.17. The number of hydrogen-bond acceptors (Lipinski definition) is 10. The van der Waals surface area contributed by atoms with Gasteiger partial charge in [-0.1, -0.05) is 0 Å². The molecule has 0 spiro atoms. The number of ether oxygens (including phenoxy) is 3. The standard InChI is InChI=1S/C21H18N6O4S/c28-14-9-29-18-15(10-30-17(14)18)31-16-4-2-11(7-24-16)13-3-1-12(8-23-13)19-25-20(27-26-19)21-22-5-6-32-21/h1-8,14-15,17-18,28H,9-10H2,(H,25,26,27)/t14-,15+,17-,18-/m1/s1. The molecule has 2 saturated heterocycles. The summed E-state index contributed by atoms with van der Waals surface area (Å²) >= 11 is 1.50. The van der Waals surface area contributed by atoms with Crippen molar-refractivity contribution in [2.24, 2.45) is 0 Å². The number of aromatic nitrogens is 6. The summed E-state index contributed by atoms with van der Waals surface area (Å²) in [5.74, 6) is 1.67. The van der Waals surface area contributed by atoms with Crippen LogP contribution in [-0.2, 0) is 9.47 Å². The third-order valence-corrected chi connectivity index (χ3v) is 6.21. The molecule has 0 unspecified atom stereocenters. The predicted octanol–water partition coefficient (Wildman–Crippen LogP) is 1.96. The van der Waals surface area contributed by atoms with E-state index in [1.54, 1.807) is 24.7 Å². The molecule has 162 valence electrons. The van der Waals surface area contributed by atoms with E-state index < -0.39 is 6.10 Å². The topological polar surface area (TPSA) is 128 Å². The Morgan fingerprint density at radius 2 is 1.88 bits per heavy atom. The number of fused-ring (bicyclic) bond motifs is 1. The fourth-order valence-electron chi connectivity index (χ4n) is 3.83. The molecule has 2 aliphatic rings. The minimum absolute atomic E-state index is 0.267. The molecule has 32 heavy (non-hydrogen) atoms. The highest BCUT2D eigenvalue weighted by Gasteiger charge is 2.48. The lowest BCUT2D eigenvalue weighted by Crippen LogP contribution is -2.34. The molecule has 4 aromatic rings. The largest absolute Gasteiger partial charge is 0.469 e. The van der Waals surface area contributed by atoms with Gasteiger partial charge in [0.1, 0.15) is 18.3 Å². The summed E-state index contributed by atoms with van der Waals surface area (Å²) in [5.41, 5.74) is 2.43. The number of nitrogens with zero attached hydrogens (tertiary/aromatic N) is 5. The molecule has 0 bridgehead atoms. The maximum atomic E-state index is 9.84. The second kappa shape index (κ2) is 8.02. The van der Waals surface area contributed by atoms with Crippen LogP contribution in [0.1, 0.15) is 0 Å². The third kappa shape index (κ3) is 3.54. The van der Waals surface area contributed by atoms with Gasteiger partial charge in [0.05, 0.1) is 18.9 Å². The van der Waals surface area contributed by atoms with Crippen molar-refractivity contribution < 1.29 is 19.3 Å². The van der Waals surface area contributed by atoms with Gasteiger partial charge in [-0.3, -0.25) is 10.1 Å². The fourth-order valence-corrected chi connectivity index (χ4v) is 4.40. The van der Waals surface area contributed by atoms with Crippen molar-refractivity contribution in [2.45, 2.75) is 24.4 Å². The zero-order chi connectivity index (χ0) is 21.5. The van der Waals surface area contributed by atoms with Crippen molar-refractivity contribution in [2.75, 3.05) is 13.2 Å². The van der Waals surface area contributed by atoms with Gasteiger partial charge in [-0.25, -0.2) is 15.0 Å². The van der Waals surface area contributed by atoms with Crippen LogP contribution in [0.2, 0.25) is 0 Å². The Labute approximate surface area is 186 Å². The third-order valence-electron chi connectivity index (χ3n) is 5.43. The van der Waals surface area contributed by atoms with Crippen molar-refractivity contribution in [1.29, 1.82) is 0 Å². The molecule has 6 heterocycles. The van der Waals surface area contributed by atoms with Gasteiger partial charge in [-0.15, -0.1) is 11.3 Å². The number of hydrogen-bond donors (Lipinski definition) is 2. The van der Waals surface area contributed by atoms with Gasteiger partial charge in [0.2, 0.25) is 5.88 Å². The van der Waals surface area contributed by atoms with Crippen LogP contribution in [0.25, 0.3) is 33.5 Å². The van der Waals surface area contributed by atoms with Gasteiger partial charge in [0, 0.05) is 41.2 Å². The van der Waals surface area contributed by atoms with Crippen LogP contribution in [0.3, 0.4) is 0 Å². The number of aliphatic hydroxyl groups is 1. The van der Waals surface area contributed by atoms with E-state index in [0.29, 0.717) is 24.1 Å². The summed E-state index contributed by atoms with van der Waals surface area (Å²) in [5, 5.41) is 19.7. The molecule has 0 amide bonds. The average molecular weight is 450 g/mol. The van der Waals surface area contributed by atoms with Gasteiger partial charge in [0.25, 0.3) is 0 Å². The molecule has 4 aromatic heterocycles. The van der Waals surface area contributed by atoms with E-state index in [2.05, 4.69) is 30.1 Å². The lowest BCUT2D eigenvalue weighted by atomic mass is 10.1. The van der Waals surface area contributed by atoms with Crippen LogP contribution in [0.5, 0.6) is 5.88 Å². The highest BCUT2D eigenvalue weighted by Crippen LogP contribution is 2.30. The lowest BCUT2D eigenvalue weighted by molar-refractivity contribution is 0.00780. The van der Waals surface area contributed by atoms with E-state index in [1.807, 2.05) is 23.6 Å². The quantitative estimate of drug-likeness (QED) is 0.469. The molecule has 6 rings (SSSR count). The summed E-state index contributed by atoms with van der Waals surface area (Å²) in [7, 11) is 0. The summed E-state index contributed by atoms with van der Waals surface area (Å²) in [4.78, 5) is 17.6. The minimum Gasteiger partial charge on any atom is -0.469 e. The molecule has 2 aliphatic heterocycles. The van der Waals surface area contributed by atoms with E-state index in [1.165, 1.54) is 11.3 Å². The molecular formula is C21H18N6O4S. The van der Waals surface area contributed by atoms with Gasteiger partial charge in [0.15, 0.2) is 22.8 Å². The van der Waals surface area contributed by atoms with Crippen molar-refractivity contribution in [3.8, 4) is 39.4 Å². The normalized spacial score (nSPS) is 24.5. The molecule has 0 aromatic carbocycles. The van der Waals surface area contributed by atoms with Gasteiger partial charge in [-0.05, 0) is 18.2 Å². The van der Waals surface area contributed by atoms with Crippen molar-refractivity contribution in [1.82, 2.24) is 30.1 Å². The average Bonchev–Trinajstić information content (AvgIpc) is 3.62. The zero-order valence-electron chi connectivity index (χ0n) is 16.7. The maximum absolute atomic E-state index is 9.84. The Morgan fingerprint density at radius 1 is 1.00 bits per heavy atom. The van der Waals surface area contributed by atoms with Crippen molar-refractivity contribution in [3.63, 3.8) is 0 Å². The maximum Gasteiger partial charge on any atom is 0.213 e. The van der Waals surface area contributed by atoms with Crippen molar-refractivity contribution in [3.05, 3.63) is 48.2 Å². The zero-order valence-corrected chi connectivity index (χ0v) is 17.5. The molecular weight excluding hydrogens is 432 g/mol. The number of rotatable bonds is 5. The first-order chi connectivity index (χ1) is 15.7. The number of thiazole rings is 1. The molecule has 0 saturated carbocycles. The summed E-state index contributed by atoms with van der Waals surface area (Å²) < 4.78 is 17.1. The Hall–Kier alpha value is -3.25. The van der Waals surface area contributed by atoms with E-state index >= 15 is 0 Å². The van der Waals surface area contributed by atoms with Crippen molar-refractivity contribution >= 4 is 11.3 Å². The van der Waals surface area contributed by atoms with E-state index in [0.717, 1.165) is 21.8 Å². The van der Waals surface area contributed by atoms with E-state index in [-0.39, 0.29) is 24.9 Å². The van der Waals surface area contributed by atoms with Crippen LogP contribution in [0.4, 0.5) is 0 Å². The second-order valence-electron chi connectivity index (χ2n) is 7.48. The summed E-state index contributed by atoms with van der Waals surface area (Å²) in [6, 6.07) is 7.50. The van der Waals surface area contributed by atoms with Crippen LogP contribution in [0, 0.1) is 0 Å². The number of H-pyrrole nitrogens is 1. The SMILES string of the molecule is O[C@@H]1CO[C@H]2[C@@H]1OC[C@@H]2Oc1ccc(-c2ccc(-c3n[nH]c(-c4nccs4)n3)cn2)cn1. The molecule has 10 nitrogen and oxygen atoms in total. The van der Waals surface area contributed by atoms with Gasteiger partial charge < -0.3 is 19.3 Å². The minimum atomic E-state index is -0.603. The number of nitrogens with one attached hydrogen (secondary N) is 1. The number of pyridine rings is 2. The molecule has 2 N–H and O–H groups in total. The van der Waals surface area contributed by atoms with E-state index in [4.69, 9.17) is 14.2 Å². The molecule has 0 aliphatic carbocycles. The highest BCUT2D eigenvalue weighted by molar-refractivity contribution is 7.13. The first-order valence-electron chi connectivity index (χ1n) is 10.1. The summed E-state index contributed by atoms with van der Waals surface area (Å²) in [6.45, 7) is 0.633. The van der Waals surface area contributed by atoms with E-state index in [9.17, 15) is 5.11 Å². The first-order valence-corrected chi connectivity index (χ1v) is 11.0. The Balaban J connectivity index is 1.14. The Morgan fingerprint density at radius 3 is 2.66 bits per heavy atom. The van der Waals surface area contributed by atoms with Crippen LogP contribution < -0.4 is 4.74 Å². The van der Waals surface area contributed by atoms with Crippen LogP contribution in [-0.4, -0.2) is 72.9 Å². The molecule has 2 fully saturated rings. The summed E-state index contributed by atoms with van der Waals surface area (Å²) in [6.07, 6.45) is 3.68.